The van der Waals surface area contributed by atoms with Gasteiger partial charge in [-0.05, 0) is 25.2 Å². The molecule has 0 aromatic heterocycles. The van der Waals surface area contributed by atoms with E-state index in [0.29, 0.717) is 0 Å². The van der Waals surface area contributed by atoms with E-state index in [1.165, 1.54) is 38.5 Å². The van der Waals surface area contributed by atoms with Crippen LogP contribution in [0.15, 0.2) is 0 Å². The highest BCUT2D eigenvalue weighted by molar-refractivity contribution is 4.81. The molecule has 0 nitrogen and oxygen atoms in total. The zero-order valence-corrected chi connectivity index (χ0v) is 8.82. The van der Waals surface area contributed by atoms with Gasteiger partial charge in [-0.1, -0.05) is 39.5 Å². The molecular weight excluding hydrogens is 144 g/mol. The van der Waals surface area contributed by atoms with Crippen LogP contribution in [0.5, 0.6) is 0 Å². The fraction of sp³-hybridized carbons (Fsp3) is 0.833. The molecule has 12 heavy (non-hydrogen) atoms. The minimum absolute atomic E-state index is 0.778. The van der Waals surface area contributed by atoms with Crippen LogP contribution in [0.1, 0.15) is 59.3 Å². The van der Waals surface area contributed by atoms with Crippen LogP contribution in [0.3, 0.4) is 0 Å². The Morgan fingerprint density at radius 2 is 1.50 bits per heavy atom. The van der Waals surface area contributed by atoms with Crippen LogP contribution in [0.2, 0.25) is 0 Å². The second-order valence-corrected chi connectivity index (χ2v) is 3.70. The van der Waals surface area contributed by atoms with E-state index >= 15 is 0 Å². The highest BCUT2D eigenvalue weighted by atomic mass is 14.3. The molecule has 1 aliphatic carbocycles. The van der Waals surface area contributed by atoms with Crippen LogP contribution in [0.4, 0.5) is 0 Å². The van der Waals surface area contributed by atoms with Gasteiger partial charge in [-0.2, -0.15) is 0 Å². The molecule has 0 heteroatoms. The minimum Gasteiger partial charge on any atom is -0.120 e. The number of hydrogen-bond donors (Lipinski definition) is 0. The van der Waals surface area contributed by atoms with E-state index in [4.69, 9.17) is 0 Å². The topological polar surface area (TPSA) is 0 Å². The van der Waals surface area contributed by atoms with Crippen LogP contribution in [0, 0.1) is 17.8 Å². The molecule has 0 heterocycles. The molecule has 1 saturated carbocycles. The maximum atomic E-state index is 4.60. The van der Waals surface area contributed by atoms with Gasteiger partial charge in [-0.25, -0.2) is 0 Å². The van der Waals surface area contributed by atoms with Gasteiger partial charge in [0.25, 0.3) is 0 Å². The lowest BCUT2D eigenvalue weighted by atomic mass is 9.81. The number of terminal acetylenes is 1. The van der Waals surface area contributed by atoms with Crippen LogP contribution in [0.25, 0.3) is 0 Å². The Labute approximate surface area is 77.8 Å². The number of rotatable bonds is 2. The maximum Gasteiger partial charge on any atom is -0.00297 e. The van der Waals surface area contributed by atoms with Gasteiger partial charge in [0.1, 0.15) is 0 Å². The Balaban J connectivity index is 0.000000354. The van der Waals surface area contributed by atoms with Crippen molar-refractivity contribution in [2.24, 2.45) is 5.41 Å². The summed E-state index contributed by atoms with van der Waals surface area (Å²) in [4.78, 5) is 0. The van der Waals surface area contributed by atoms with Crippen LogP contribution in [-0.2, 0) is 0 Å². The van der Waals surface area contributed by atoms with E-state index in [1.54, 1.807) is 6.92 Å². The second-order valence-electron chi connectivity index (χ2n) is 3.70. The highest BCUT2D eigenvalue weighted by Crippen LogP contribution is 2.43. The summed E-state index contributed by atoms with van der Waals surface area (Å²) in [5.74, 6) is 2.25. The van der Waals surface area contributed by atoms with Crippen molar-refractivity contribution in [1.29, 1.82) is 0 Å². The third-order valence-electron chi connectivity index (χ3n) is 3.16. The molecule has 0 unspecified atom stereocenters. The highest BCUT2D eigenvalue weighted by Gasteiger charge is 2.29. The van der Waals surface area contributed by atoms with Crippen molar-refractivity contribution in [3.05, 3.63) is 0 Å². The predicted octanol–water partition coefficient (Wildman–Crippen LogP) is 4.01. The van der Waals surface area contributed by atoms with E-state index in [2.05, 4.69) is 26.2 Å². The first kappa shape index (κ1) is 11.6. The van der Waals surface area contributed by atoms with Gasteiger partial charge in [0.05, 0.1) is 0 Å². The van der Waals surface area contributed by atoms with E-state index in [0.717, 1.165) is 5.41 Å². The summed E-state index contributed by atoms with van der Waals surface area (Å²) < 4.78 is 0. The quantitative estimate of drug-likeness (QED) is 0.544. The van der Waals surface area contributed by atoms with Gasteiger partial charge >= 0.3 is 0 Å². The molecule has 1 aliphatic rings. The fourth-order valence-electron chi connectivity index (χ4n) is 2.08. The molecule has 0 aromatic carbocycles. The van der Waals surface area contributed by atoms with Crippen LogP contribution >= 0.6 is 0 Å². The predicted molar refractivity (Wildman–Crippen MR) is 56.0 cm³/mol. The Kier molecular flexibility index (Phi) is 5.89. The zero-order chi connectivity index (χ0) is 9.45. The van der Waals surface area contributed by atoms with Gasteiger partial charge in [0, 0.05) is 0 Å². The average Bonchev–Trinajstić information content (AvgIpc) is 2.55. The van der Waals surface area contributed by atoms with Gasteiger partial charge < -0.3 is 0 Å². The summed E-state index contributed by atoms with van der Waals surface area (Å²) in [6, 6.07) is 0. The van der Waals surface area contributed by atoms with Crippen LogP contribution in [-0.4, -0.2) is 0 Å². The summed E-state index contributed by atoms with van der Waals surface area (Å²) in [5.41, 5.74) is 0.778. The summed E-state index contributed by atoms with van der Waals surface area (Å²) >= 11 is 0. The molecule has 0 spiro atoms. The lowest BCUT2D eigenvalue weighted by Gasteiger charge is -2.24. The first-order valence-corrected chi connectivity index (χ1v) is 5.12. The average molecular weight is 166 g/mol. The SMILES string of the molecule is C#CC.CCC1(CC)CCCC1. The first-order valence-electron chi connectivity index (χ1n) is 5.12. The molecule has 0 amide bonds. The van der Waals surface area contributed by atoms with E-state index in [1.807, 2.05) is 0 Å². The molecule has 0 aromatic rings. The fourth-order valence-corrected chi connectivity index (χ4v) is 2.08. The lowest BCUT2D eigenvalue weighted by Crippen LogP contribution is -2.12. The molecule has 1 fully saturated rings. The van der Waals surface area contributed by atoms with Crippen molar-refractivity contribution in [1.82, 2.24) is 0 Å². The van der Waals surface area contributed by atoms with Gasteiger partial charge in [0.2, 0.25) is 0 Å². The molecule has 0 radical (unpaired) electrons. The molecule has 0 saturated heterocycles. The molecule has 1 rings (SSSR count). The lowest BCUT2D eigenvalue weighted by molar-refractivity contribution is 0.273. The summed E-state index contributed by atoms with van der Waals surface area (Å²) in [5, 5.41) is 0. The first-order chi connectivity index (χ1) is 5.74. The van der Waals surface area contributed by atoms with Crippen LogP contribution < -0.4 is 0 Å². The monoisotopic (exact) mass is 166 g/mol. The smallest absolute Gasteiger partial charge is 0.00297 e. The Bertz CT molecular complexity index is 127. The van der Waals surface area contributed by atoms with Crippen molar-refractivity contribution in [3.8, 4) is 12.3 Å². The Morgan fingerprint density at radius 3 is 1.67 bits per heavy atom. The van der Waals surface area contributed by atoms with E-state index in [-0.39, 0.29) is 0 Å². The Morgan fingerprint density at radius 1 is 1.17 bits per heavy atom. The molecule has 0 bridgehead atoms. The second kappa shape index (κ2) is 6.12. The van der Waals surface area contributed by atoms with Gasteiger partial charge in [0.15, 0.2) is 0 Å². The summed E-state index contributed by atoms with van der Waals surface area (Å²) in [7, 11) is 0. The van der Waals surface area contributed by atoms with Crippen molar-refractivity contribution < 1.29 is 0 Å². The molecule has 0 N–H and O–H groups in total. The van der Waals surface area contributed by atoms with E-state index < -0.39 is 0 Å². The number of hydrogen-bond acceptors (Lipinski definition) is 0. The third-order valence-corrected chi connectivity index (χ3v) is 3.16. The standard InChI is InChI=1S/C9H18.C3H4/c1-3-9(4-2)7-5-6-8-9;1-3-2/h3-8H2,1-2H3;1H,2H3. The zero-order valence-electron chi connectivity index (χ0n) is 8.82. The normalized spacial score (nSPS) is 19.2. The Hall–Kier alpha value is -0.440. The molecule has 70 valence electrons. The van der Waals surface area contributed by atoms with E-state index in [9.17, 15) is 0 Å². The summed E-state index contributed by atoms with van der Waals surface area (Å²) in [6.07, 6.45) is 13.4. The van der Waals surface area contributed by atoms with Gasteiger partial charge in [-0.3, -0.25) is 0 Å². The maximum absolute atomic E-state index is 4.60. The van der Waals surface area contributed by atoms with Crippen molar-refractivity contribution in [2.45, 2.75) is 59.3 Å². The molecule has 0 atom stereocenters. The van der Waals surface area contributed by atoms with Crippen molar-refractivity contribution >= 4 is 0 Å². The van der Waals surface area contributed by atoms with Crippen molar-refractivity contribution in [2.75, 3.05) is 0 Å². The molecular formula is C12H22. The van der Waals surface area contributed by atoms with Crippen molar-refractivity contribution in [3.63, 3.8) is 0 Å². The largest absolute Gasteiger partial charge is 0.120 e. The van der Waals surface area contributed by atoms with Gasteiger partial charge in [-0.15, -0.1) is 12.3 Å². The summed E-state index contributed by atoms with van der Waals surface area (Å²) in [6.45, 7) is 6.34. The molecule has 0 aliphatic heterocycles. The third kappa shape index (κ3) is 3.30. The minimum atomic E-state index is 0.778.